The van der Waals surface area contributed by atoms with Gasteiger partial charge in [-0.15, -0.1) is 0 Å². The first kappa shape index (κ1) is 17.7. The average Bonchev–Trinajstić information content (AvgIpc) is 2.60. The Bertz CT molecular complexity index is 984. The van der Waals surface area contributed by atoms with Gasteiger partial charge in [-0.3, -0.25) is 4.98 Å². The molecule has 0 radical (unpaired) electrons. The molecule has 0 amide bonds. The van der Waals surface area contributed by atoms with E-state index in [0.717, 1.165) is 12.1 Å². The number of benzene rings is 2. The van der Waals surface area contributed by atoms with E-state index in [4.69, 9.17) is 4.74 Å². The summed E-state index contributed by atoms with van der Waals surface area (Å²) in [5.41, 5.74) is 1.38. The average molecular weight is 360 g/mol. The van der Waals surface area contributed by atoms with Gasteiger partial charge in [0.05, 0.1) is 29.4 Å². The molecule has 0 spiro atoms. The van der Waals surface area contributed by atoms with Gasteiger partial charge < -0.3 is 10.1 Å². The molecule has 0 aliphatic heterocycles. The number of anilines is 2. The van der Waals surface area contributed by atoms with E-state index in [2.05, 4.69) is 10.3 Å². The highest BCUT2D eigenvalue weighted by molar-refractivity contribution is 5.99. The number of pyridine rings is 1. The van der Waals surface area contributed by atoms with Gasteiger partial charge in [0, 0.05) is 16.8 Å². The number of rotatable bonds is 3. The third kappa shape index (κ3) is 3.46. The van der Waals surface area contributed by atoms with Crippen molar-refractivity contribution in [2.75, 3.05) is 12.4 Å². The lowest BCUT2D eigenvalue weighted by Gasteiger charge is -2.14. The number of hydrogen-bond donors (Lipinski definition) is 1. The van der Waals surface area contributed by atoms with Crippen molar-refractivity contribution in [3.05, 3.63) is 65.4 Å². The maximum absolute atomic E-state index is 12.9. The number of halogens is 3. The van der Waals surface area contributed by atoms with Gasteiger partial charge >= 0.3 is 12.1 Å². The molecule has 0 aliphatic carbocycles. The first-order chi connectivity index (χ1) is 12.3. The van der Waals surface area contributed by atoms with E-state index in [-0.39, 0.29) is 5.52 Å². The fourth-order valence-electron chi connectivity index (χ4n) is 2.67. The number of ether oxygens (including phenoxy) is 1. The molecule has 0 saturated carbocycles. The molecule has 2 aromatic carbocycles. The van der Waals surface area contributed by atoms with Crippen molar-refractivity contribution in [1.82, 2.24) is 4.98 Å². The van der Waals surface area contributed by atoms with Crippen LogP contribution in [0.2, 0.25) is 0 Å². The van der Waals surface area contributed by atoms with Crippen LogP contribution in [0.15, 0.2) is 48.5 Å². The summed E-state index contributed by atoms with van der Waals surface area (Å²) in [4.78, 5) is 16.1. The quantitative estimate of drug-likeness (QED) is 0.661. The van der Waals surface area contributed by atoms with Gasteiger partial charge in [0.15, 0.2) is 0 Å². The first-order valence-electron chi connectivity index (χ1n) is 7.72. The number of nitrogens with zero attached hydrogens (tertiary/aromatic N) is 1. The lowest BCUT2D eigenvalue weighted by molar-refractivity contribution is -0.137. The Labute approximate surface area is 147 Å². The van der Waals surface area contributed by atoms with Crippen LogP contribution in [0.3, 0.4) is 0 Å². The van der Waals surface area contributed by atoms with E-state index in [1.165, 1.54) is 13.2 Å². The van der Waals surface area contributed by atoms with Crippen molar-refractivity contribution in [3.63, 3.8) is 0 Å². The molecule has 3 rings (SSSR count). The summed E-state index contributed by atoms with van der Waals surface area (Å²) in [5.74, 6) is -0.512. The number of carbonyl (C=O) groups excluding carboxylic acids is 1. The number of esters is 1. The number of alkyl halides is 3. The minimum absolute atomic E-state index is 0.220. The zero-order valence-electron chi connectivity index (χ0n) is 14.0. The third-order valence-electron chi connectivity index (χ3n) is 3.87. The third-order valence-corrected chi connectivity index (χ3v) is 3.87. The Morgan fingerprint density at radius 2 is 1.81 bits per heavy atom. The first-order valence-corrected chi connectivity index (χ1v) is 7.72. The van der Waals surface area contributed by atoms with Gasteiger partial charge in [-0.25, -0.2) is 4.79 Å². The van der Waals surface area contributed by atoms with Gasteiger partial charge in [0.25, 0.3) is 0 Å². The Kier molecular flexibility index (Phi) is 4.54. The molecule has 0 bridgehead atoms. The van der Waals surface area contributed by atoms with Crippen molar-refractivity contribution < 1.29 is 22.7 Å². The van der Waals surface area contributed by atoms with Gasteiger partial charge in [-0.1, -0.05) is 18.2 Å². The van der Waals surface area contributed by atoms with Crippen LogP contribution >= 0.6 is 0 Å². The monoisotopic (exact) mass is 360 g/mol. The summed E-state index contributed by atoms with van der Waals surface area (Å²) in [6, 6.07) is 11.8. The Hall–Kier alpha value is -3.09. The van der Waals surface area contributed by atoms with Crippen molar-refractivity contribution in [2.24, 2.45) is 0 Å². The van der Waals surface area contributed by atoms with Crippen molar-refractivity contribution >= 4 is 28.2 Å². The molecule has 1 N–H and O–H groups in total. The highest BCUT2D eigenvalue weighted by Gasteiger charge is 2.30. The standard InChI is InChI=1S/C19H15F3N2O2/c1-11-9-16(24-15-6-4-3-5-14(15)18(25)26-2)13-8-7-12(19(20,21)22)10-17(13)23-11/h3-10H,1-2H3,(H,23,24). The molecule has 134 valence electrons. The summed E-state index contributed by atoms with van der Waals surface area (Å²) < 4.78 is 43.6. The topological polar surface area (TPSA) is 51.2 Å². The lowest BCUT2D eigenvalue weighted by Crippen LogP contribution is -2.07. The van der Waals surface area contributed by atoms with Crippen LogP contribution in [-0.2, 0) is 10.9 Å². The zero-order chi connectivity index (χ0) is 18.9. The summed E-state index contributed by atoms with van der Waals surface area (Å²) in [6.07, 6.45) is -4.44. The van der Waals surface area contributed by atoms with Crippen molar-refractivity contribution in [3.8, 4) is 0 Å². The van der Waals surface area contributed by atoms with E-state index in [1.54, 1.807) is 37.3 Å². The predicted octanol–water partition coefficient (Wildman–Crippen LogP) is 5.09. The fourth-order valence-corrected chi connectivity index (χ4v) is 2.67. The second-order valence-electron chi connectivity index (χ2n) is 5.70. The molecule has 3 aromatic rings. The Morgan fingerprint density at radius 1 is 1.08 bits per heavy atom. The highest BCUT2D eigenvalue weighted by atomic mass is 19.4. The maximum atomic E-state index is 12.9. The van der Waals surface area contributed by atoms with Gasteiger partial charge in [-0.05, 0) is 37.3 Å². The van der Waals surface area contributed by atoms with E-state index in [0.29, 0.717) is 28.0 Å². The van der Waals surface area contributed by atoms with Crippen molar-refractivity contribution in [2.45, 2.75) is 13.1 Å². The second kappa shape index (κ2) is 6.67. The SMILES string of the molecule is COC(=O)c1ccccc1Nc1cc(C)nc2cc(C(F)(F)F)ccc12. The molecule has 4 nitrogen and oxygen atoms in total. The molecule has 0 atom stereocenters. The molecule has 0 saturated heterocycles. The van der Waals surface area contributed by atoms with E-state index < -0.39 is 17.7 Å². The van der Waals surface area contributed by atoms with Crippen LogP contribution in [0.25, 0.3) is 10.9 Å². The second-order valence-corrected chi connectivity index (χ2v) is 5.70. The molecule has 26 heavy (non-hydrogen) atoms. The van der Waals surface area contributed by atoms with Gasteiger partial charge in [0.2, 0.25) is 0 Å². The predicted molar refractivity (Wildman–Crippen MR) is 92.5 cm³/mol. The van der Waals surface area contributed by atoms with Crippen LogP contribution in [0.4, 0.5) is 24.5 Å². The number of methoxy groups -OCH3 is 1. The smallest absolute Gasteiger partial charge is 0.416 e. The van der Waals surface area contributed by atoms with E-state index >= 15 is 0 Å². The highest BCUT2D eigenvalue weighted by Crippen LogP contribution is 2.34. The normalized spacial score (nSPS) is 11.4. The number of aryl methyl sites for hydroxylation is 1. The largest absolute Gasteiger partial charge is 0.465 e. The van der Waals surface area contributed by atoms with Crippen LogP contribution in [0.5, 0.6) is 0 Å². The van der Waals surface area contributed by atoms with E-state index in [1.807, 2.05) is 0 Å². The fraction of sp³-hybridized carbons (Fsp3) is 0.158. The van der Waals surface area contributed by atoms with Crippen LogP contribution in [0.1, 0.15) is 21.6 Å². The van der Waals surface area contributed by atoms with Crippen LogP contribution in [0, 0.1) is 6.92 Å². The molecular formula is C19H15F3N2O2. The molecule has 7 heteroatoms. The molecule has 0 unspecified atom stereocenters. The zero-order valence-corrected chi connectivity index (χ0v) is 14.0. The number of fused-ring (bicyclic) bond motifs is 1. The minimum atomic E-state index is -4.44. The number of hydrogen-bond acceptors (Lipinski definition) is 4. The van der Waals surface area contributed by atoms with Crippen LogP contribution < -0.4 is 5.32 Å². The molecular weight excluding hydrogens is 345 g/mol. The minimum Gasteiger partial charge on any atom is -0.465 e. The number of nitrogens with one attached hydrogen (secondary N) is 1. The number of carbonyl (C=O) groups is 1. The number of aromatic nitrogens is 1. The Morgan fingerprint density at radius 3 is 2.50 bits per heavy atom. The lowest BCUT2D eigenvalue weighted by atomic mass is 10.1. The summed E-state index contributed by atoms with van der Waals surface area (Å²) in [7, 11) is 1.28. The number of para-hydroxylation sites is 1. The summed E-state index contributed by atoms with van der Waals surface area (Å²) in [6.45, 7) is 1.69. The molecule has 1 aromatic heterocycles. The Balaban J connectivity index is 2.11. The molecule has 1 heterocycles. The van der Waals surface area contributed by atoms with Crippen molar-refractivity contribution in [1.29, 1.82) is 0 Å². The summed E-state index contributed by atoms with van der Waals surface area (Å²) >= 11 is 0. The van der Waals surface area contributed by atoms with E-state index in [9.17, 15) is 18.0 Å². The summed E-state index contributed by atoms with van der Waals surface area (Å²) in [5, 5.41) is 3.62. The van der Waals surface area contributed by atoms with Gasteiger partial charge in [-0.2, -0.15) is 13.2 Å². The maximum Gasteiger partial charge on any atom is 0.416 e. The van der Waals surface area contributed by atoms with Gasteiger partial charge in [0.1, 0.15) is 0 Å². The molecule has 0 fully saturated rings. The van der Waals surface area contributed by atoms with Crippen LogP contribution in [-0.4, -0.2) is 18.1 Å². The molecule has 0 aliphatic rings.